The van der Waals surface area contributed by atoms with Crippen molar-refractivity contribution in [2.24, 2.45) is 11.3 Å². The molecule has 1 N–H and O–H groups in total. The van der Waals surface area contributed by atoms with Crippen LogP contribution in [0.25, 0.3) is 0 Å². The van der Waals surface area contributed by atoms with Crippen LogP contribution in [0.4, 0.5) is 4.79 Å². The molecule has 0 bridgehead atoms. The van der Waals surface area contributed by atoms with Crippen LogP contribution in [-0.4, -0.2) is 47.3 Å². The summed E-state index contributed by atoms with van der Waals surface area (Å²) in [5, 5.41) is 2.83. The SMILES string of the molecule is Cc1ccc(C(=O)COC(=O)CN2C(=O)NC3(CC(C)CC(C)(C)C3)C2=O)cc1C. The predicted molar refractivity (Wildman–Crippen MR) is 111 cm³/mol. The van der Waals surface area contributed by atoms with Gasteiger partial charge < -0.3 is 10.1 Å². The molecule has 0 aromatic heterocycles. The van der Waals surface area contributed by atoms with E-state index < -0.39 is 30.7 Å². The van der Waals surface area contributed by atoms with Gasteiger partial charge in [-0.15, -0.1) is 0 Å². The van der Waals surface area contributed by atoms with Crippen LogP contribution in [0.2, 0.25) is 0 Å². The predicted octanol–water partition coefficient (Wildman–Crippen LogP) is 3.17. The third-order valence-electron chi connectivity index (χ3n) is 6.10. The Labute approximate surface area is 177 Å². The Morgan fingerprint density at radius 3 is 2.50 bits per heavy atom. The monoisotopic (exact) mass is 414 g/mol. The third-order valence-corrected chi connectivity index (χ3v) is 6.10. The summed E-state index contributed by atoms with van der Waals surface area (Å²) in [6.45, 7) is 9.15. The number of imide groups is 1. The van der Waals surface area contributed by atoms with Crippen molar-refractivity contribution in [3.05, 3.63) is 34.9 Å². The highest BCUT2D eigenvalue weighted by atomic mass is 16.5. The lowest BCUT2D eigenvalue weighted by molar-refractivity contribution is -0.147. The molecule has 1 aromatic rings. The van der Waals surface area contributed by atoms with Crippen molar-refractivity contribution in [1.82, 2.24) is 10.2 Å². The quantitative estimate of drug-likeness (QED) is 0.454. The fourth-order valence-electron chi connectivity index (χ4n) is 4.97. The highest BCUT2D eigenvalue weighted by Crippen LogP contribution is 2.46. The smallest absolute Gasteiger partial charge is 0.326 e. The van der Waals surface area contributed by atoms with Crippen LogP contribution in [-0.2, 0) is 14.3 Å². The molecule has 30 heavy (non-hydrogen) atoms. The van der Waals surface area contributed by atoms with Gasteiger partial charge in [0.2, 0.25) is 0 Å². The molecule has 2 unspecified atom stereocenters. The average molecular weight is 415 g/mol. The number of rotatable bonds is 5. The minimum atomic E-state index is -0.965. The van der Waals surface area contributed by atoms with Crippen LogP contribution < -0.4 is 5.32 Å². The molecule has 1 saturated heterocycles. The molecular formula is C23H30N2O5. The van der Waals surface area contributed by atoms with E-state index in [0.29, 0.717) is 18.4 Å². The van der Waals surface area contributed by atoms with Gasteiger partial charge in [0.25, 0.3) is 5.91 Å². The molecule has 1 aliphatic carbocycles. The minimum absolute atomic E-state index is 0.0876. The van der Waals surface area contributed by atoms with Gasteiger partial charge in [0.15, 0.2) is 12.4 Å². The van der Waals surface area contributed by atoms with E-state index in [9.17, 15) is 19.2 Å². The number of carbonyl (C=O) groups excluding carboxylic acids is 4. The van der Waals surface area contributed by atoms with Gasteiger partial charge in [0.1, 0.15) is 12.1 Å². The number of hydrogen-bond donors (Lipinski definition) is 1. The number of hydrogen-bond acceptors (Lipinski definition) is 5. The van der Waals surface area contributed by atoms with Crippen LogP contribution in [0.15, 0.2) is 18.2 Å². The molecule has 1 aliphatic heterocycles. The number of ether oxygens (including phenoxy) is 1. The van der Waals surface area contributed by atoms with Gasteiger partial charge in [0.05, 0.1) is 0 Å². The highest BCUT2D eigenvalue weighted by molar-refractivity contribution is 6.09. The molecule has 2 fully saturated rings. The van der Waals surface area contributed by atoms with Gasteiger partial charge in [-0.3, -0.25) is 19.3 Å². The number of urea groups is 1. The molecule has 2 atom stereocenters. The Morgan fingerprint density at radius 1 is 1.17 bits per heavy atom. The van der Waals surface area contributed by atoms with E-state index in [2.05, 4.69) is 26.1 Å². The zero-order valence-electron chi connectivity index (χ0n) is 18.3. The van der Waals surface area contributed by atoms with Gasteiger partial charge in [-0.05, 0) is 61.6 Å². The van der Waals surface area contributed by atoms with E-state index >= 15 is 0 Å². The lowest BCUT2D eigenvalue weighted by atomic mass is 9.64. The first-order chi connectivity index (χ1) is 13.9. The Balaban J connectivity index is 1.61. The van der Waals surface area contributed by atoms with Gasteiger partial charge >= 0.3 is 12.0 Å². The van der Waals surface area contributed by atoms with Crippen molar-refractivity contribution in [2.45, 2.75) is 59.4 Å². The van der Waals surface area contributed by atoms with Crippen LogP contribution in [0.1, 0.15) is 61.5 Å². The Kier molecular flexibility index (Phi) is 5.76. The second-order valence-electron chi connectivity index (χ2n) is 9.64. The average Bonchev–Trinajstić information content (AvgIpc) is 2.83. The maximum absolute atomic E-state index is 13.1. The summed E-state index contributed by atoms with van der Waals surface area (Å²) in [4.78, 5) is 51.0. The first-order valence-corrected chi connectivity index (χ1v) is 10.3. The maximum atomic E-state index is 13.1. The molecule has 1 heterocycles. The van der Waals surface area contributed by atoms with Crippen molar-refractivity contribution < 1.29 is 23.9 Å². The zero-order valence-corrected chi connectivity index (χ0v) is 18.3. The molecule has 7 nitrogen and oxygen atoms in total. The van der Waals surface area contributed by atoms with E-state index in [4.69, 9.17) is 4.74 Å². The molecule has 3 rings (SSSR count). The van der Waals surface area contributed by atoms with Crippen molar-refractivity contribution >= 4 is 23.7 Å². The molecule has 1 saturated carbocycles. The molecule has 162 valence electrons. The maximum Gasteiger partial charge on any atom is 0.326 e. The van der Waals surface area contributed by atoms with E-state index in [1.54, 1.807) is 12.1 Å². The number of nitrogens with one attached hydrogen (secondary N) is 1. The largest absolute Gasteiger partial charge is 0.456 e. The number of benzene rings is 1. The number of amides is 3. The number of carbonyl (C=O) groups is 4. The van der Waals surface area contributed by atoms with Crippen molar-refractivity contribution in [2.75, 3.05) is 13.2 Å². The number of Topliss-reactive ketones (excluding diaryl/α,β-unsaturated/α-hetero) is 1. The first kappa shape index (κ1) is 22.0. The Bertz CT molecular complexity index is 907. The third kappa shape index (κ3) is 4.40. The van der Waals surface area contributed by atoms with E-state index in [-0.39, 0.29) is 23.0 Å². The zero-order chi connectivity index (χ0) is 22.3. The first-order valence-electron chi connectivity index (χ1n) is 10.3. The summed E-state index contributed by atoms with van der Waals surface area (Å²) in [5.74, 6) is -1.22. The second kappa shape index (κ2) is 7.85. The van der Waals surface area contributed by atoms with Gasteiger partial charge in [-0.2, -0.15) is 0 Å². The lowest BCUT2D eigenvalue weighted by Crippen LogP contribution is -2.54. The highest BCUT2D eigenvalue weighted by Gasteiger charge is 2.56. The summed E-state index contributed by atoms with van der Waals surface area (Å²) >= 11 is 0. The summed E-state index contributed by atoms with van der Waals surface area (Å²) in [5.41, 5.74) is 1.44. The number of esters is 1. The van der Waals surface area contributed by atoms with Crippen molar-refractivity contribution in [3.8, 4) is 0 Å². The lowest BCUT2D eigenvalue weighted by Gasteiger charge is -2.43. The Hall–Kier alpha value is -2.70. The number of aryl methyl sites for hydroxylation is 2. The number of ketones is 1. The van der Waals surface area contributed by atoms with Crippen LogP contribution in [0.5, 0.6) is 0 Å². The van der Waals surface area contributed by atoms with Gasteiger partial charge in [-0.25, -0.2) is 4.79 Å². The van der Waals surface area contributed by atoms with Crippen LogP contribution >= 0.6 is 0 Å². The van der Waals surface area contributed by atoms with Crippen LogP contribution in [0, 0.1) is 25.2 Å². The van der Waals surface area contributed by atoms with Gasteiger partial charge in [-0.1, -0.05) is 32.9 Å². The summed E-state index contributed by atoms with van der Waals surface area (Å²) in [6, 6.07) is 4.69. The van der Waals surface area contributed by atoms with Crippen molar-refractivity contribution in [1.29, 1.82) is 0 Å². The minimum Gasteiger partial charge on any atom is -0.456 e. The molecule has 3 amide bonds. The number of nitrogens with zero attached hydrogens (tertiary/aromatic N) is 1. The topological polar surface area (TPSA) is 92.8 Å². The standard InChI is InChI=1S/C23H30N2O5/c1-14-9-22(4,5)13-23(10-14)20(28)25(21(29)24-23)11-19(27)30-12-18(26)17-7-6-15(2)16(3)8-17/h6-8,14H,9-13H2,1-5H3,(H,24,29). The molecule has 7 heteroatoms. The molecule has 0 radical (unpaired) electrons. The molecule has 1 aromatic carbocycles. The molecule has 2 aliphatic rings. The fourth-order valence-corrected chi connectivity index (χ4v) is 4.97. The summed E-state index contributed by atoms with van der Waals surface area (Å²) in [6.07, 6.45) is 2.06. The summed E-state index contributed by atoms with van der Waals surface area (Å²) < 4.78 is 5.06. The van der Waals surface area contributed by atoms with E-state index in [1.807, 2.05) is 19.9 Å². The van der Waals surface area contributed by atoms with E-state index in [0.717, 1.165) is 22.4 Å². The van der Waals surface area contributed by atoms with Gasteiger partial charge in [0, 0.05) is 5.56 Å². The fraction of sp³-hybridized carbons (Fsp3) is 0.565. The molecular weight excluding hydrogens is 384 g/mol. The van der Waals surface area contributed by atoms with Crippen molar-refractivity contribution in [3.63, 3.8) is 0 Å². The second-order valence-corrected chi connectivity index (χ2v) is 9.64. The molecule has 1 spiro atoms. The Morgan fingerprint density at radius 2 is 1.87 bits per heavy atom. The summed E-state index contributed by atoms with van der Waals surface area (Å²) in [7, 11) is 0. The van der Waals surface area contributed by atoms with Crippen LogP contribution in [0.3, 0.4) is 0 Å². The normalized spacial score (nSPS) is 25.4. The van der Waals surface area contributed by atoms with E-state index in [1.165, 1.54) is 0 Å².